The Balaban J connectivity index is 2.38. The topological polar surface area (TPSA) is 36.4 Å². The largest absolute Gasteiger partial charge is 0.243 e. The number of hydrazine groups is 1. The van der Waals surface area contributed by atoms with Crippen molar-refractivity contribution in [3.8, 4) is 0 Å². The lowest BCUT2D eigenvalue weighted by Gasteiger charge is -1.92. The summed E-state index contributed by atoms with van der Waals surface area (Å²) in [7, 11) is 0. The van der Waals surface area contributed by atoms with Crippen molar-refractivity contribution >= 4 is 6.21 Å². The minimum atomic E-state index is 0.394. The molecule has 1 aliphatic rings. The smallest absolute Gasteiger partial charge is 0.0618 e. The monoisotopic (exact) mass is 85.1 g/mol. The van der Waals surface area contributed by atoms with Crippen LogP contribution >= 0.6 is 0 Å². The Morgan fingerprint density at radius 2 is 2.67 bits per heavy atom. The Morgan fingerprint density at radius 1 is 1.83 bits per heavy atom. The van der Waals surface area contributed by atoms with Gasteiger partial charge in [-0.2, -0.15) is 5.10 Å². The third-order valence-electron chi connectivity index (χ3n) is 0.655. The lowest BCUT2D eigenvalue weighted by Crippen LogP contribution is -2.28. The Hall–Kier alpha value is -0.570. The highest BCUT2D eigenvalue weighted by Gasteiger charge is 1.97. The fourth-order valence-corrected chi connectivity index (χ4v) is 0.325. The van der Waals surface area contributed by atoms with Gasteiger partial charge in [-0.3, -0.25) is 0 Å². The molecule has 3 nitrogen and oxygen atoms in total. The zero-order valence-electron chi connectivity index (χ0n) is 3.60. The maximum absolute atomic E-state index is 3.68. The highest BCUT2D eigenvalue weighted by Crippen LogP contribution is 1.75. The Morgan fingerprint density at radius 3 is 2.83 bits per heavy atom. The van der Waals surface area contributed by atoms with Gasteiger partial charge in [-0.1, -0.05) is 0 Å². The minimum absolute atomic E-state index is 0.394. The summed E-state index contributed by atoms with van der Waals surface area (Å²) in [6.45, 7) is 2.02. The lowest BCUT2D eigenvalue weighted by atomic mass is 10.4. The van der Waals surface area contributed by atoms with Crippen LogP contribution in [-0.2, 0) is 0 Å². The second-order valence-electron chi connectivity index (χ2n) is 1.32. The van der Waals surface area contributed by atoms with E-state index in [1.807, 2.05) is 6.92 Å². The molecule has 0 spiro atoms. The standard InChI is InChI=1S/C3H7N3/c1-3-2-4-6-5-3/h2-3,5-6H,1H3. The summed E-state index contributed by atoms with van der Waals surface area (Å²) in [5.41, 5.74) is 5.44. The van der Waals surface area contributed by atoms with Crippen molar-refractivity contribution in [2.45, 2.75) is 13.0 Å². The van der Waals surface area contributed by atoms with Crippen LogP contribution < -0.4 is 11.0 Å². The van der Waals surface area contributed by atoms with E-state index in [1.165, 1.54) is 0 Å². The molecule has 1 rings (SSSR count). The quantitative estimate of drug-likeness (QED) is 0.415. The van der Waals surface area contributed by atoms with Crippen LogP contribution in [0.15, 0.2) is 5.10 Å². The molecule has 34 valence electrons. The van der Waals surface area contributed by atoms with E-state index in [1.54, 1.807) is 6.21 Å². The van der Waals surface area contributed by atoms with Crippen molar-refractivity contribution in [2.75, 3.05) is 0 Å². The molecule has 1 unspecified atom stereocenters. The number of hydrogen-bond acceptors (Lipinski definition) is 3. The predicted octanol–water partition coefficient (Wildman–Crippen LogP) is -0.532. The van der Waals surface area contributed by atoms with Crippen LogP contribution in [0.5, 0.6) is 0 Å². The van der Waals surface area contributed by atoms with Gasteiger partial charge >= 0.3 is 0 Å². The predicted molar refractivity (Wildman–Crippen MR) is 24.2 cm³/mol. The SMILES string of the molecule is CC1C=NNN1. The number of nitrogens with zero attached hydrogens (tertiary/aromatic N) is 1. The summed E-state index contributed by atoms with van der Waals surface area (Å²) < 4.78 is 0. The summed E-state index contributed by atoms with van der Waals surface area (Å²) in [6, 6.07) is 0.394. The molecule has 0 saturated heterocycles. The van der Waals surface area contributed by atoms with Gasteiger partial charge in [0.15, 0.2) is 0 Å². The van der Waals surface area contributed by atoms with Crippen molar-refractivity contribution in [1.82, 2.24) is 11.0 Å². The van der Waals surface area contributed by atoms with E-state index in [4.69, 9.17) is 0 Å². The molecule has 0 amide bonds. The minimum Gasteiger partial charge on any atom is -0.243 e. The molecular weight excluding hydrogens is 78.1 g/mol. The Labute approximate surface area is 36.4 Å². The number of rotatable bonds is 0. The molecule has 6 heavy (non-hydrogen) atoms. The van der Waals surface area contributed by atoms with E-state index < -0.39 is 0 Å². The maximum atomic E-state index is 3.68. The van der Waals surface area contributed by atoms with Gasteiger partial charge in [0.1, 0.15) is 0 Å². The van der Waals surface area contributed by atoms with Crippen molar-refractivity contribution < 1.29 is 0 Å². The highest BCUT2D eigenvalue weighted by atomic mass is 15.6. The summed E-state index contributed by atoms with van der Waals surface area (Å²) >= 11 is 0. The average Bonchev–Trinajstić information content (AvgIpc) is 1.86. The number of nitrogens with one attached hydrogen (secondary N) is 2. The van der Waals surface area contributed by atoms with E-state index in [-0.39, 0.29) is 0 Å². The molecule has 0 aromatic rings. The van der Waals surface area contributed by atoms with Gasteiger partial charge in [-0.05, 0) is 6.92 Å². The molecule has 0 fully saturated rings. The van der Waals surface area contributed by atoms with Crippen molar-refractivity contribution in [1.29, 1.82) is 0 Å². The first kappa shape index (κ1) is 3.61. The van der Waals surface area contributed by atoms with Crippen LogP contribution in [0.3, 0.4) is 0 Å². The highest BCUT2D eigenvalue weighted by molar-refractivity contribution is 5.64. The van der Waals surface area contributed by atoms with Crippen molar-refractivity contribution in [3.05, 3.63) is 0 Å². The van der Waals surface area contributed by atoms with Gasteiger partial charge in [0.2, 0.25) is 0 Å². The number of hydrazone groups is 1. The van der Waals surface area contributed by atoms with Crippen LogP contribution in [0.2, 0.25) is 0 Å². The molecule has 0 aromatic carbocycles. The third kappa shape index (κ3) is 0.490. The van der Waals surface area contributed by atoms with E-state index in [2.05, 4.69) is 16.1 Å². The molecule has 0 saturated carbocycles. The first-order chi connectivity index (χ1) is 2.89. The van der Waals surface area contributed by atoms with Crippen LogP contribution in [-0.4, -0.2) is 12.3 Å². The summed E-state index contributed by atoms with van der Waals surface area (Å²) in [4.78, 5) is 0. The summed E-state index contributed by atoms with van der Waals surface area (Å²) in [5, 5.41) is 3.68. The first-order valence-corrected chi connectivity index (χ1v) is 1.93. The van der Waals surface area contributed by atoms with Gasteiger partial charge in [0, 0.05) is 6.21 Å². The summed E-state index contributed by atoms with van der Waals surface area (Å²) in [5.74, 6) is 0. The van der Waals surface area contributed by atoms with Crippen LogP contribution in [0.1, 0.15) is 6.92 Å². The molecular formula is C3H7N3. The van der Waals surface area contributed by atoms with Crippen molar-refractivity contribution in [2.24, 2.45) is 5.10 Å². The van der Waals surface area contributed by atoms with Crippen molar-refractivity contribution in [3.63, 3.8) is 0 Å². The molecule has 0 bridgehead atoms. The van der Waals surface area contributed by atoms with Gasteiger partial charge in [0.05, 0.1) is 6.04 Å². The van der Waals surface area contributed by atoms with E-state index in [0.717, 1.165) is 0 Å². The molecule has 2 N–H and O–H groups in total. The van der Waals surface area contributed by atoms with E-state index in [9.17, 15) is 0 Å². The van der Waals surface area contributed by atoms with E-state index >= 15 is 0 Å². The second-order valence-corrected chi connectivity index (χ2v) is 1.32. The number of hydrogen-bond donors (Lipinski definition) is 2. The maximum Gasteiger partial charge on any atom is 0.0618 e. The van der Waals surface area contributed by atoms with Gasteiger partial charge in [-0.15, -0.1) is 0 Å². The zero-order valence-corrected chi connectivity index (χ0v) is 3.60. The van der Waals surface area contributed by atoms with Gasteiger partial charge < -0.3 is 0 Å². The fraction of sp³-hybridized carbons (Fsp3) is 0.667. The molecule has 1 aliphatic heterocycles. The lowest BCUT2D eigenvalue weighted by molar-refractivity contribution is 0.585. The molecule has 0 radical (unpaired) electrons. The van der Waals surface area contributed by atoms with Crippen LogP contribution in [0.25, 0.3) is 0 Å². The van der Waals surface area contributed by atoms with Gasteiger partial charge in [-0.25, -0.2) is 11.0 Å². The Kier molecular flexibility index (Phi) is 0.759. The summed E-state index contributed by atoms with van der Waals surface area (Å²) in [6.07, 6.45) is 1.81. The zero-order chi connectivity index (χ0) is 4.41. The van der Waals surface area contributed by atoms with Gasteiger partial charge in [0.25, 0.3) is 0 Å². The molecule has 1 atom stereocenters. The third-order valence-corrected chi connectivity index (χ3v) is 0.655. The fourth-order valence-electron chi connectivity index (χ4n) is 0.325. The Bertz CT molecular complexity index is 68.4. The average molecular weight is 85.1 g/mol. The molecule has 1 heterocycles. The second kappa shape index (κ2) is 1.26. The van der Waals surface area contributed by atoms with Crippen LogP contribution in [0, 0.1) is 0 Å². The van der Waals surface area contributed by atoms with E-state index in [0.29, 0.717) is 6.04 Å². The normalized spacial score (nSPS) is 30.5. The molecule has 0 aliphatic carbocycles. The van der Waals surface area contributed by atoms with Crippen LogP contribution in [0.4, 0.5) is 0 Å². The molecule has 3 heteroatoms. The molecule has 0 aromatic heterocycles. The first-order valence-electron chi connectivity index (χ1n) is 1.93.